The summed E-state index contributed by atoms with van der Waals surface area (Å²) in [6.45, 7) is 4.43. The lowest BCUT2D eigenvalue weighted by atomic mass is 10.1. The molecule has 0 aliphatic rings. The predicted octanol–water partition coefficient (Wildman–Crippen LogP) is 3.83. The molecule has 0 radical (unpaired) electrons. The number of halogens is 1. The molecule has 0 N–H and O–H groups in total. The molecular weight excluding hydrogens is 243 g/mol. The van der Waals surface area contributed by atoms with Gasteiger partial charge in [0.1, 0.15) is 24.5 Å². The van der Waals surface area contributed by atoms with E-state index in [0.717, 1.165) is 5.56 Å². The molecule has 2 aromatic carbocycles. The molecule has 0 atom stereocenters. The fourth-order valence-corrected chi connectivity index (χ4v) is 1.80. The molecule has 0 aromatic heterocycles. The highest BCUT2D eigenvalue weighted by atomic mass is 19.1. The van der Waals surface area contributed by atoms with Gasteiger partial charge in [0.15, 0.2) is 0 Å². The average Bonchev–Trinajstić information content (AvgIpc) is 2.39. The van der Waals surface area contributed by atoms with Crippen LogP contribution in [0.5, 0.6) is 5.75 Å². The van der Waals surface area contributed by atoms with E-state index in [4.69, 9.17) is 4.74 Å². The molecule has 0 fully saturated rings. The molecule has 0 unspecified atom stereocenters. The van der Waals surface area contributed by atoms with Crippen molar-refractivity contribution in [3.63, 3.8) is 0 Å². The van der Waals surface area contributed by atoms with Crippen molar-refractivity contribution in [3.05, 3.63) is 64.5 Å². The molecular formula is C16H15FO2. The molecule has 0 bridgehead atoms. The Bertz CT molecular complexity index is 606. The Morgan fingerprint density at radius 2 is 1.89 bits per heavy atom. The lowest BCUT2D eigenvalue weighted by Crippen LogP contribution is -1.98. The van der Waals surface area contributed by atoms with Crippen molar-refractivity contribution in [3.8, 4) is 5.75 Å². The summed E-state index contributed by atoms with van der Waals surface area (Å²) >= 11 is 0. The molecule has 0 saturated carbocycles. The molecule has 0 amide bonds. The lowest BCUT2D eigenvalue weighted by molar-refractivity contribution is 0.112. The normalized spacial score (nSPS) is 10.3. The van der Waals surface area contributed by atoms with Gasteiger partial charge in [-0.15, -0.1) is 0 Å². The topological polar surface area (TPSA) is 26.3 Å². The molecule has 2 nitrogen and oxygen atoms in total. The highest BCUT2D eigenvalue weighted by molar-refractivity contribution is 5.75. The number of ether oxygens (including phenoxy) is 1. The molecule has 2 aromatic rings. The van der Waals surface area contributed by atoms with Gasteiger partial charge in [-0.25, -0.2) is 4.39 Å². The number of aldehydes is 1. The summed E-state index contributed by atoms with van der Waals surface area (Å²) in [6, 6.07) is 10.0. The number of aryl methyl sites for hydroxylation is 2. The SMILES string of the molecule is Cc1ccc(COc2cc(F)cc(C=O)c2)cc1C. The number of carbonyl (C=O) groups is 1. The Morgan fingerprint density at radius 1 is 1.11 bits per heavy atom. The number of hydrogen-bond acceptors (Lipinski definition) is 2. The first-order valence-electron chi connectivity index (χ1n) is 6.03. The number of carbonyl (C=O) groups excluding carboxylic acids is 1. The van der Waals surface area contributed by atoms with Crippen LogP contribution < -0.4 is 4.74 Å². The van der Waals surface area contributed by atoms with Crippen molar-refractivity contribution in [2.45, 2.75) is 20.5 Å². The Hall–Kier alpha value is -2.16. The van der Waals surface area contributed by atoms with Gasteiger partial charge in [-0.1, -0.05) is 18.2 Å². The van der Waals surface area contributed by atoms with Gasteiger partial charge >= 0.3 is 0 Å². The highest BCUT2D eigenvalue weighted by Crippen LogP contribution is 2.18. The van der Waals surface area contributed by atoms with E-state index in [1.165, 1.54) is 29.3 Å². The zero-order valence-electron chi connectivity index (χ0n) is 10.9. The van der Waals surface area contributed by atoms with Gasteiger partial charge in [-0.2, -0.15) is 0 Å². The van der Waals surface area contributed by atoms with Crippen LogP contribution in [0.3, 0.4) is 0 Å². The zero-order valence-corrected chi connectivity index (χ0v) is 10.9. The molecule has 19 heavy (non-hydrogen) atoms. The van der Waals surface area contributed by atoms with Gasteiger partial charge in [0.25, 0.3) is 0 Å². The predicted molar refractivity (Wildman–Crippen MR) is 72.0 cm³/mol. The third kappa shape index (κ3) is 3.41. The average molecular weight is 258 g/mol. The standard InChI is InChI=1S/C16H15FO2/c1-11-3-4-13(5-12(11)2)10-19-16-7-14(9-18)6-15(17)8-16/h3-9H,10H2,1-2H3. The fourth-order valence-electron chi connectivity index (χ4n) is 1.80. The van der Waals surface area contributed by atoms with Crippen molar-refractivity contribution in [1.82, 2.24) is 0 Å². The van der Waals surface area contributed by atoms with Crippen molar-refractivity contribution in [2.75, 3.05) is 0 Å². The van der Waals surface area contributed by atoms with Crippen LogP contribution in [0.1, 0.15) is 27.0 Å². The molecule has 98 valence electrons. The van der Waals surface area contributed by atoms with E-state index in [1.807, 2.05) is 32.0 Å². The maximum Gasteiger partial charge on any atom is 0.150 e. The second-order valence-electron chi connectivity index (χ2n) is 4.55. The Balaban J connectivity index is 2.11. The lowest BCUT2D eigenvalue weighted by Gasteiger charge is -2.09. The van der Waals surface area contributed by atoms with E-state index in [1.54, 1.807) is 0 Å². The third-order valence-corrected chi connectivity index (χ3v) is 3.01. The monoisotopic (exact) mass is 258 g/mol. The summed E-state index contributed by atoms with van der Waals surface area (Å²) in [5.41, 5.74) is 3.70. The summed E-state index contributed by atoms with van der Waals surface area (Å²) < 4.78 is 18.7. The molecule has 0 aliphatic carbocycles. The molecule has 0 aliphatic heterocycles. The van der Waals surface area contributed by atoms with Crippen molar-refractivity contribution < 1.29 is 13.9 Å². The van der Waals surface area contributed by atoms with Crippen molar-refractivity contribution >= 4 is 6.29 Å². The van der Waals surface area contributed by atoms with Crippen LogP contribution in [-0.2, 0) is 6.61 Å². The minimum absolute atomic E-state index is 0.273. The van der Waals surface area contributed by atoms with Crippen LogP contribution in [-0.4, -0.2) is 6.29 Å². The molecule has 0 spiro atoms. The Labute approximate surface area is 111 Å². The first kappa shape index (κ1) is 13.3. The fraction of sp³-hybridized carbons (Fsp3) is 0.188. The number of benzene rings is 2. The second kappa shape index (κ2) is 5.65. The van der Waals surface area contributed by atoms with E-state index in [9.17, 15) is 9.18 Å². The first-order chi connectivity index (χ1) is 9.08. The zero-order chi connectivity index (χ0) is 13.8. The van der Waals surface area contributed by atoms with Gasteiger partial charge < -0.3 is 4.74 Å². The quantitative estimate of drug-likeness (QED) is 0.779. The molecule has 2 rings (SSSR count). The summed E-state index contributed by atoms with van der Waals surface area (Å²) in [7, 11) is 0. The molecule has 3 heteroatoms. The maximum atomic E-state index is 13.2. The van der Waals surface area contributed by atoms with E-state index in [0.29, 0.717) is 18.6 Å². The minimum atomic E-state index is -0.473. The molecule has 0 saturated heterocycles. The van der Waals surface area contributed by atoms with Gasteiger partial charge in [0, 0.05) is 11.6 Å². The van der Waals surface area contributed by atoms with E-state index in [-0.39, 0.29) is 5.56 Å². The van der Waals surface area contributed by atoms with Crippen LogP contribution in [0.25, 0.3) is 0 Å². The van der Waals surface area contributed by atoms with Gasteiger partial charge in [-0.3, -0.25) is 4.79 Å². The molecule has 0 heterocycles. The number of hydrogen-bond donors (Lipinski definition) is 0. The third-order valence-electron chi connectivity index (χ3n) is 3.01. The Morgan fingerprint density at radius 3 is 2.58 bits per heavy atom. The van der Waals surface area contributed by atoms with Crippen LogP contribution in [0.15, 0.2) is 36.4 Å². The summed E-state index contributed by atoms with van der Waals surface area (Å²) in [6.07, 6.45) is 0.603. The Kier molecular flexibility index (Phi) is 3.95. The summed E-state index contributed by atoms with van der Waals surface area (Å²) in [4.78, 5) is 10.6. The number of rotatable bonds is 4. The van der Waals surface area contributed by atoms with Gasteiger partial charge in [0.05, 0.1) is 0 Å². The smallest absolute Gasteiger partial charge is 0.150 e. The van der Waals surface area contributed by atoms with Crippen LogP contribution in [0.4, 0.5) is 4.39 Å². The van der Waals surface area contributed by atoms with E-state index < -0.39 is 5.82 Å². The second-order valence-corrected chi connectivity index (χ2v) is 4.55. The largest absolute Gasteiger partial charge is 0.489 e. The van der Waals surface area contributed by atoms with Gasteiger partial charge in [0.2, 0.25) is 0 Å². The summed E-state index contributed by atoms with van der Waals surface area (Å²) in [5, 5.41) is 0. The van der Waals surface area contributed by atoms with E-state index >= 15 is 0 Å². The van der Waals surface area contributed by atoms with Crippen LogP contribution in [0.2, 0.25) is 0 Å². The van der Waals surface area contributed by atoms with E-state index in [2.05, 4.69) is 0 Å². The van der Waals surface area contributed by atoms with Crippen LogP contribution >= 0.6 is 0 Å². The minimum Gasteiger partial charge on any atom is -0.489 e. The first-order valence-corrected chi connectivity index (χ1v) is 6.03. The summed E-state index contributed by atoms with van der Waals surface area (Å²) in [5.74, 6) is -0.111. The van der Waals surface area contributed by atoms with Crippen molar-refractivity contribution in [1.29, 1.82) is 0 Å². The maximum absolute atomic E-state index is 13.2. The highest BCUT2D eigenvalue weighted by Gasteiger charge is 2.02. The van der Waals surface area contributed by atoms with Gasteiger partial charge in [-0.05, 0) is 42.7 Å². The van der Waals surface area contributed by atoms with Crippen LogP contribution in [0, 0.1) is 19.7 Å². The van der Waals surface area contributed by atoms with Crippen molar-refractivity contribution in [2.24, 2.45) is 0 Å².